The highest BCUT2D eigenvalue weighted by Gasteiger charge is 2.47. The number of ether oxygens (including phenoxy) is 1. The van der Waals surface area contributed by atoms with Crippen LogP contribution in [0, 0.1) is 11.8 Å². The number of carbonyl (C=O) groups excluding carboxylic acids is 3. The van der Waals surface area contributed by atoms with Crippen molar-refractivity contribution in [2.24, 2.45) is 22.6 Å². The number of likely N-dealkylation sites (tertiary alicyclic amines) is 1. The molecule has 4 fully saturated rings. The quantitative estimate of drug-likeness (QED) is 0.123. The number of quaternary nitrogens is 1. The van der Waals surface area contributed by atoms with Crippen molar-refractivity contribution in [3.05, 3.63) is 10.8 Å². The SMILES string of the molecule is CC(C)(C)OC(=O)C1CCN(C(=O)C[N+]23CCC(CC2)[C@H](N=C(N)NC(=O)c2nc(Cl)c(N)nc2N)C3)CC1.[Cl-]. The number of carbonyl (C=O) groups is 3. The van der Waals surface area contributed by atoms with E-state index in [-0.39, 0.29) is 64.7 Å². The van der Waals surface area contributed by atoms with E-state index in [9.17, 15) is 14.4 Å². The highest BCUT2D eigenvalue weighted by atomic mass is 35.5. The Morgan fingerprint density at radius 1 is 1.10 bits per heavy atom. The van der Waals surface area contributed by atoms with Crippen LogP contribution in [-0.4, -0.2) is 94.0 Å². The maximum absolute atomic E-state index is 13.3. The number of esters is 1. The van der Waals surface area contributed by atoms with E-state index >= 15 is 0 Å². The van der Waals surface area contributed by atoms with Crippen LogP contribution in [0.15, 0.2) is 4.99 Å². The second-order valence-electron chi connectivity index (χ2n) is 11.8. The number of hydrogen-bond acceptors (Lipinski definition) is 9. The van der Waals surface area contributed by atoms with E-state index in [2.05, 4.69) is 20.3 Å². The number of nitrogens with one attached hydrogen (secondary N) is 1. The highest BCUT2D eigenvalue weighted by Crippen LogP contribution is 2.36. The van der Waals surface area contributed by atoms with Gasteiger partial charge < -0.3 is 43.7 Å². The van der Waals surface area contributed by atoms with Gasteiger partial charge in [0.15, 0.2) is 35.0 Å². The minimum absolute atomic E-state index is 0. The van der Waals surface area contributed by atoms with E-state index in [1.54, 1.807) is 0 Å². The van der Waals surface area contributed by atoms with Gasteiger partial charge in [-0.25, -0.2) is 15.0 Å². The lowest BCUT2D eigenvalue weighted by molar-refractivity contribution is -0.936. The molecule has 1 aromatic rings. The van der Waals surface area contributed by atoms with Crippen LogP contribution in [0.3, 0.4) is 0 Å². The fraction of sp³-hybridized carbons (Fsp3) is 0.680. The first-order chi connectivity index (χ1) is 18.2. The number of hydrogen-bond donors (Lipinski definition) is 4. The first-order valence-corrected chi connectivity index (χ1v) is 13.7. The Labute approximate surface area is 245 Å². The number of fused-ring (bicyclic) bond motifs is 3. The van der Waals surface area contributed by atoms with Crippen molar-refractivity contribution in [3.63, 3.8) is 0 Å². The molecule has 0 spiro atoms. The molecule has 15 heteroatoms. The number of nitrogens with zero attached hydrogens (tertiary/aromatic N) is 5. The molecule has 222 valence electrons. The molecule has 0 saturated carbocycles. The van der Waals surface area contributed by atoms with Crippen LogP contribution in [0.1, 0.15) is 56.9 Å². The van der Waals surface area contributed by atoms with E-state index in [1.165, 1.54) is 0 Å². The molecule has 40 heavy (non-hydrogen) atoms. The first kappa shape index (κ1) is 31.6. The van der Waals surface area contributed by atoms with Gasteiger partial charge in [0, 0.05) is 25.9 Å². The van der Waals surface area contributed by atoms with Crippen LogP contribution in [0.2, 0.25) is 5.15 Å². The summed E-state index contributed by atoms with van der Waals surface area (Å²) in [5, 5.41) is 2.38. The largest absolute Gasteiger partial charge is 1.00 e. The standard InChI is InChI=1S/C25H38ClN9O4.ClH/c1-25(2,3)39-23(38)15-4-8-34(9-5-15)17(36)13-35-10-6-14(7-11-35)16(12-35)30-24(29)33-22(37)18-20(27)32-21(28)19(26)31-18;/h14-16H,4-13H2,1-3H3,(H6-,27,28,29,30,32,33,37);1H/t14?,16-,35?;/m1./s1. The maximum atomic E-state index is 13.3. The monoisotopic (exact) mass is 599 g/mol. The summed E-state index contributed by atoms with van der Waals surface area (Å²) in [4.78, 5) is 52.5. The van der Waals surface area contributed by atoms with Crippen molar-refractivity contribution in [1.82, 2.24) is 20.2 Å². The Hall–Kier alpha value is -2.90. The van der Waals surface area contributed by atoms with Gasteiger partial charge in [-0.2, -0.15) is 0 Å². The lowest BCUT2D eigenvalue weighted by atomic mass is 9.82. The van der Waals surface area contributed by atoms with Crippen molar-refractivity contribution in [3.8, 4) is 0 Å². The number of nitrogen functional groups attached to an aromatic ring is 2. The molecule has 4 aliphatic heterocycles. The van der Waals surface area contributed by atoms with E-state index < -0.39 is 11.5 Å². The van der Waals surface area contributed by atoms with Crippen LogP contribution >= 0.6 is 11.6 Å². The Kier molecular flexibility index (Phi) is 9.74. The van der Waals surface area contributed by atoms with Crippen molar-refractivity contribution in [1.29, 1.82) is 0 Å². The molecule has 0 radical (unpaired) electrons. The van der Waals surface area contributed by atoms with Gasteiger partial charge in [0.2, 0.25) is 0 Å². The Morgan fingerprint density at radius 2 is 1.73 bits per heavy atom. The van der Waals surface area contributed by atoms with Gasteiger partial charge in [0.05, 0.1) is 19.0 Å². The van der Waals surface area contributed by atoms with E-state index in [1.807, 2.05) is 25.7 Å². The average molecular weight is 601 g/mol. The van der Waals surface area contributed by atoms with Gasteiger partial charge in [0.1, 0.15) is 18.2 Å². The predicted molar refractivity (Wildman–Crippen MR) is 146 cm³/mol. The number of halogens is 2. The van der Waals surface area contributed by atoms with Crippen molar-refractivity contribution < 1.29 is 36.0 Å². The fourth-order valence-corrected chi connectivity index (χ4v) is 5.88. The summed E-state index contributed by atoms with van der Waals surface area (Å²) in [7, 11) is 0. The molecule has 13 nitrogen and oxygen atoms in total. The molecule has 4 aliphatic rings. The average Bonchev–Trinajstić information content (AvgIpc) is 2.85. The van der Waals surface area contributed by atoms with E-state index in [4.69, 9.17) is 33.5 Å². The Bertz CT molecular complexity index is 1160. The maximum Gasteiger partial charge on any atom is 0.309 e. The number of anilines is 2. The predicted octanol–water partition coefficient (Wildman–Crippen LogP) is -2.47. The molecular formula is C25H39Cl2N9O4. The van der Waals surface area contributed by atoms with Crippen LogP contribution in [0.4, 0.5) is 11.6 Å². The zero-order valence-electron chi connectivity index (χ0n) is 23.2. The molecule has 0 unspecified atom stereocenters. The molecular weight excluding hydrogens is 561 g/mol. The Morgan fingerprint density at radius 3 is 2.33 bits per heavy atom. The van der Waals surface area contributed by atoms with Crippen molar-refractivity contribution in [2.45, 2.75) is 58.1 Å². The highest BCUT2D eigenvalue weighted by molar-refractivity contribution is 6.31. The molecule has 1 atom stereocenters. The van der Waals surface area contributed by atoms with Crippen molar-refractivity contribution in [2.75, 3.05) is 50.7 Å². The summed E-state index contributed by atoms with van der Waals surface area (Å²) in [5.74, 6) is -0.909. The van der Waals surface area contributed by atoms with Crippen LogP contribution in [0.5, 0.6) is 0 Å². The minimum Gasteiger partial charge on any atom is -1.00 e. The molecule has 2 amide bonds. The van der Waals surface area contributed by atoms with E-state index in [0.717, 1.165) is 25.9 Å². The molecule has 1 aromatic heterocycles. The smallest absolute Gasteiger partial charge is 0.309 e. The minimum atomic E-state index is -0.682. The summed E-state index contributed by atoms with van der Waals surface area (Å²) in [6.45, 7) is 9.53. The lowest BCUT2D eigenvalue weighted by Gasteiger charge is -2.51. The summed E-state index contributed by atoms with van der Waals surface area (Å²) >= 11 is 5.87. The Balaban J connectivity index is 0.00000441. The van der Waals surface area contributed by atoms with Gasteiger partial charge in [-0.15, -0.1) is 0 Å². The summed E-state index contributed by atoms with van der Waals surface area (Å²) in [6.07, 6.45) is 3.07. The normalized spacial score (nSPS) is 25.2. The number of nitrogens with two attached hydrogens (primary N) is 3. The molecule has 2 bridgehead atoms. The zero-order chi connectivity index (χ0) is 28.5. The summed E-state index contributed by atoms with van der Waals surface area (Å²) < 4.78 is 6.16. The van der Waals surface area contributed by atoms with Gasteiger partial charge in [-0.1, -0.05) is 11.6 Å². The third kappa shape index (κ3) is 7.43. The lowest BCUT2D eigenvalue weighted by Crippen LogP contribution is -3.00. The first-order valence-electron chi connectivity index (χ1n) is 13.3. The second-order valence-corrected chi connectivity index (χ2v) is 12.2. The van der Waals surface area contributed by atoms with E-state index in [0.29, 0.717) is 49.4 Å². The van der Waals surface area contributed by atoms with Gasteiger partial charge >= 0.3 is 5.97 Å². The van der Waals surface area contributed by atoms with Gasteiger partial charge in [0.25, 0.3) is 11.8 Å². The molecule has 4 saturated heterocycles. The molecule has 0 aliphatic carbocycles. The fourth-order valence-electron chi connectivity index (χ4n) is 5.75. The third-order valence-electron chi connectivity index (χ3n) is 7.79. The topological polar surface area (TPSA) is 192 Å². The molecule has 7 N–H and O–H groups in total. The molecule has 0 aromatic carbocycles. The number of guanidine groups is 1. The number of aromatic nitrogens is 2. The summed E-state index contributed by atoms with van der Waals surface area (Å²) in [6, 6.07) is -0.128. The molecule has 5 heterocycles. The van der Waals surface area contributed by atoms with Gasteiger partial charge in [-0.3, -0.25) is 19.7 Å². The van der Waals surface area contributed by atoms with Crippen LogP contribution < -0.4 is 34.9 Å². The third-order valence-corrected chi connectivity index (χ3v) is 8.07. The van der Waals surface area contributed by atoms with Crippen LogP contribution in [-0.2, 0) is 14.3 Å². The van der Waals surface area contributed by atoms with Crippen molar-refractivity contribution >= 4 is 47.0 Å². The number of amides is 2. The second kappa shape index (κ2) is 12.3. The zero-order valence-corrected chi connectivity index (χ0v) is 24.7. The van der Waals surface area contributed by atoms with Crippen LogP contribution in [0.25, 0.3) is 0 Å². The number of aliphatic imine (C=N–C) groups is 1. The summed E-state index contributed by atoms with van der Waals surface area (Å²) in [5.41, 5.74) is 16.7. The number of rotatable bonds is 5. The number of piperidine rings is 4. The molecule has 5 rings (SSSR count). The van der Waals surface area contributed by atoms with Gasteiger partial charge in [-0.05, 0) is 39.5 Å².